The lowest BCUT2D eigenvalue weighted by Gasteiger charge is -2.16. The van der Waals surface area contributed by atoms with Crippen LogP contribution in [0.3, 0.4) is 0 Å². The smallest absolute Gasteiger partial charge is 0.271 e. The predicted octanol–water partition coefficient (Wildman–Crippen LogP) is 2.85. The van der Waals surface area contributed by atoms with Gasteiger partial charge in [-0.1, -0.05) is 29.8 Å². The van der Waals surface area contributed by atoms with Gasteiger partial charge in [-0.05, 0) is 24.5 Å². The number of imidazole rings is 1. The largest absolute Gasteiger partial charge is 0.356 e. The van der Waals surface area contributed by atoms with Gasteiger partial charge in [-0.3, -0.25) is 9.36 Å². The molecule has 0 atom stereocenters. The first kappa shape index (κ1) is 17.5. The minimum absolute atomic E-state index is 0.262. The van der Waals surface area contributed by atoms with Crippen molar-refractivity contribution in [2.45, 2.75) is 19.4 Å². The molecule has 0 spiro atoms. The summed E-state index contributed by atoms with van der Waals surface area (Å²) in [6, 6.07) is 9.33. The first-order valence-corrected chi connectivity index (χ1v) is 9.21. The van der Waals surface area contributed by atoms with E-state index in [1.807, 2.05) is 24.3 Å². The van der Waals surface area contributed by atoms with Crippen molar-refractivity contribution in [3.63, 3.8) is 0 Å². The second-order valence-electron chi connectivity index (χ2n) is 6.37. The molecule has 1 N–H and O–H groups in total. The number of halogens is 1. The Kier molecular flexibility index (Phi) is 5.02. The summed E-state index contributed by atoms with van der Waals surface area (Å²) in [6.45, 7) is 2.37. The summed E-state index contributed by atoms with van der Waals surface area (Å²) >= 11 is 6.12. The zero-order valence-corrected chi connectivity index (χ0v) is 15.4. The van der Waals surface area contributed by atoms with Crippen molar-refractivity contribution >= 4 is 23.3 Å². The Hall–Kier alpha value is -2.93. The normalized spacial score (nSPS) is 13.7. The van der Waals surface area contributed by atoms with Crippen molar-refractivity contribution in [1.82, 2.24) is 24.8 Å². The van der Waals surface area contributed by atoms with Crippen LogP contribution in [0.2, 0.25) is 5.02 Å². The Morgan fingerprint density at radius 1 is 1.11 bits per heavy atom. The van der Waals surface area contributed by atoms with Crippen molar-refractivity contribution in [3.05, 3.63) is 65.5 Å². The van der Waals surface area contributed by atoms with Gasteiger partial charge in [0.15, 0.2) is 0 Å². The van der Waals surface area contributed by atoms with Crippen LogP contribution in [0.4, 0.5) is 5.82 Å². The van der Waals surface area contributed by atoms with Gasteiger partial charge >= 0.3 is 0 Å². The molecule has 3 aromatic rings. The van der Waals surface area contributed by atoms with E-state index in [4.69, 9.17) is 11.6 Å². The highest BCUT2D eigenvalue weighted by Crippen LogP contribution is 2.19. The van der Waals surface area contributed by atoms with Crippen LogP contribution < -0.4 is 10.2 Å². The molecule has 138 valence electrons. The number of anilines is 1. The van der Waals surface area contributed by atoms with E-state index in [2.05, 4.69) is 25.2 Å². The maximum absolute atomic E-state index is 12.4. The van der Waals surface area contributed by atoms with Crippen molar-refractivity contribution in [3.8, 4) is 5.82 Å². The molecular weight excluding hydrogens is 364 g/mol. The summed E-state index contributed by atoms with van der Waals surface area (Å²) in [5.41, 5.74) is 1.18. The number of hydrogen-bond acceptors (Lipinski definition) is 5. The van der Waals surface area contributed by atoms with Gasteiger partial charge in [0.2, 0.25) is 0 Å². The van der Waals surface area contributed by atoms with Crippen LogP contribution in [0.5, 0.6) is 0 Å². The second-order valence-corrected chi connectivity index (χ2v) is 6.78. The van der Waals surface area contributed by atoms with Gasteiger partial charge in [-0.2, -0.15) is 0 Å². The summed E-state index contributed by atoms with van der Waals surface area (Å²) in [7, 11) is 0. The number of amides is 1. The maximum Gasteiger partial charge on any atom is 0.271 e. The molecule has 0 saturated carbocycles. The predicted molar refractivity (Wildman–Crippen MR) is 103 cm³/mol. The molecule has 1 aliphatic heterocycles. The second kappa shape index (κ2) is 7.75. The number of hydrogen-bond donors (Lipinski definition) is 1. The molecule has 0 aliphatic carbocycles. The van der Waals surface area contributed by atoms with E-state index >= 15 is 0 Å². The number of rotatable bonds is 5. The van der Waals surface area contributed by atoms with E-state index in [0.717, 1.165) is 24.5 Å². The molecule has 1 amide bonds. The average Bonchev–Trinajstić information content (AvgIpc) is 3.39. The zero-order chi connectivity index (χ0) is 18.6. The van der Waals surface area contributed by atoms with Crippen LogP contribution in [0.1, 0.15) is 28.9 Å². The lowest BCUT2D eigenvalue weighted by molar-refractivity contribution is 0.0946. The van der Waals surface area contributed by atoms with Crippen molar-refractivity contribution in [2.24, 2.45) is 0 Å². The molecule has 0 bridgehead atoms. The average molecular weight is 383 g/mol. The summed E-state index contributed by atoms with van der Waals surface area (Å²) in [5.74, 6) is 1.32. The van der Waals surface area contributed by atoms with Gasteiger partial charge in [-0.25, -0.2) is 15.0 Å². The number of benzene rings is 1. The molecule has 2 aromatic heterocycles. The molecule has 1 aliphatic rings. The lowest BCUT2D eigenvalue weighted by Crippen LogP contribution is -2.23. The molecule has 0 unspecified atom stereocenters. The first-order chi connectivity index (χ1) is 13.2. The molecule has 7 nitrogen and oxygen atoms in total. The summed E-state index contributed by atoms with van der Waals surface area (Å²) in [4.78, 5) is 27.5. The van der Waals surface area contributed by atoms with E-state index in [0.29, 0.717) is 23.1 Å². The molecular formula is C19H19ClN6O. The zero-order valence-electron chi connectivity index (χ0n) is 14.7. The van der Waals surface area contributed by atoms with Gasteiger partial charge in [-0.15, -0.1) is 0 Å². The number of carbonyl (C=O) groups is 1. The third-order valence-electron chi connectivity index (χ3n) is 4.55. The fourth-order valence-corrected chi connectivity index (χ4v) is 3.27. The van der Waals surface area contributed by atoms with Crippen LogP contribution in [0.15, 0.2) is 49.2 Å². The standard InChI is InChI=1S/C19H19ClN6O/c20-15-6-2-1-5-14(15)10-21-19(27)16-11-26(13-24-16)18-9-17(22-12-23-18)25-7-3-4-8-25/h1-2,5-6,9,11-13H,3-4,7-8,10H2,(H,21,27). The van der Waals surface area contributed by atoms with Crippen LogP contribution in [-0.4, -0.2) is 38.5 Å². The Morgan fingerprint density at radius 3 is 2.70 bits per heavy atom. The highest BCUT2D eigenvalue weighted by Gasteiger charge is 2.15. The summed E-state index contributed by atoms with van der Waals surface area (Å²) in [5, 5.41) is 3.46. The van der Waals surface area contributed by atoms with E-state index in [9.17, 15) is 4.79 Å². The molecule has 3 heterocycles. The van der Waals surface area contributed by atoms with E-state index in [1.54, 1.807) is 29.5 Å². The van der Waals surface area contributed by atoms with Crippen LogP contribution >= 0.6 is 11.6 Å². The van der Waals surface area contributed by atoms with Crippen molar-refractivity contribution in [1.29, 1.82) is 0 Å². The Balaban J connectivity index is 1.46. The van der Waals surface area contributed by atoms with Gasteiger partial charge in [0.1, 0.15) is 30.0 Å². The highest BCUT2D eigenvalue weighted by atomic mass is 35.5. The summed E-state index contributed by atoms with van der Waals surface area (Å²) in [6.07, 6.45) is 7.15. The number of nitrogens with zero attached hydrogens (tertiary/aromatic N) is 5. The van der Waals surface area contributed by atoms with Gasteiger partial charge in [0.25, 0.3) is 5.91 Å². The fraction of sp³-hybridized carbons (Fsp3) is 0.263. The maximum atomic E-state index is 12.4. The van der Waals surface area contributed by atoms with Gasteiger partial charge in [0.05, 0.1) is 0 Å². The SMILES string of the molecule is O=C(NCc1ccccc1Cl)c1cn(-c2cc(N3CCCC3)ncn2)cn1. The van der Waals surface area contributed by atoms with Crippen molar-refractivity contribution in [2.75, 3.05) is 18.0 Å². The third-order valence-corrected chi connectivity index (χ3v) is 4.91. The quantitative estimate of drug-likeness (QED) is 0.734. The first-order valence-electron chi connectivity index (χ1n) is 8.84. The molecule has 1 saturated heterocycles. The number of aromatic nitrogens is 4. The third kappa shape index (κ3) is 3.93. The van der Waals surface area contributed by atoms with Crippen molar-refractivity contribution < 1.29 is 4.79 Å². The molecule has 8 heteroatoms. The fourth-order valence-electron chi connectivity index (χ4n) is 3.07. The summed E-state index contributed by atoms with van der Waals surface area (Å²) < 4.78 is 1.73. The highest BCUT2D eigenvalue weighted by molar-refractivity contribution is 6.31. The van der Waals surface area contributed by atoms with Crippen LogP contribution in [-0.2, 0) is 6.54 Å². The monoisotopic (exact) mass is 382 g/mol. The molecule has 0 radical (unpaired) electrons. The Labute approximate surface area is 162 Å². The van der Waals surface area contributed by atoms with Gasteiger partial charge < -0.3 is 10.2 Å². The van der Waals surface area contributed by atoms with E-state index < -0.39 is 0 Å². The van der Waals surface area contributed by atoms with Crippen LogP contribution in [0.25, 0.3) is 5.82 Å². The topological polar surface area (TPSA) is 75.9 Å². The van der Waals surface area contributed by atoms with E-state index in [1.165, 1.54) is 12.8 Å². The number of carbonyl (C=O) groups excluding carboxylic acids is 1. The van der Waals surface area contributed by atoms with E-state index in [-0.39, 0.29) is 5.91 Å². The minimum Gasteiger partial charge on any atom is -0.356 e. The molecule has 1 aromatic carbocycles. The minimum atomic E-state index is -0.262. The van der Waals surface area contributed by atoms with Gasteiger partial charge in [0, 0.05) is 36.9 Å². The Morgan fingerprint density at radius 2 is 1.89 bits per heavy atom. The molecule has 27 heavy (non-hydrogen) atoms. The molecule has 4 rings (SSSR count). The number of nitrogens with one attached hydrogen (secondary N) is 1. The van der Waals surface area contributed by atoms with Crippen LogP contribution in [0, 0.1) is 0 Å². The molecule has 1 fully saturated rings. The lowest BCUT2D eigenvalue weighted by atomic mass is 10.2. The Bertz CT molecular complexity index is 951.